The number of amides is 3. The molecular formula is C23H30N4O3. The van der Waals surface area contributed by atoms with Crippen molar-refractivity contribution in [3.05, 3.63) is 30.1 Å². The molecule has 2 heterocycles. The molecule has 3 N–H and O–H groups in total. The standard InChI is InChI=1S/C23H30N4O3/c1-22(5-7-27(21(22)30)13-17-4-2-3-6-25-17)20(29)26-18-15-8-14-9-16(18)12-23(10-14,11-15)19(24)28/h2-4,6,14-16,18H,5,7-13H2,1H3,(H2,24,28)(H,26,29). The smallest absolute Gasteiger partial charge is 0.238 e. The van der Waals surface area contributed by atoms with Crippen LogP contribution in [-0.4, -0.2) is 40.2 Å². The predicted octanol–water partition coefficient (Wildman–Crippen LogP) is 1.62. The normalized spacial score (nSPS) is 39.4. The molecule has 160 valence electrons. The lowest BCUT2D eigenvalue weighted by Crippen LogP contribution is -2.63. The first kappa shape index (κ1) is 19.5. The molecule has 30 heavy (non-hydrogen) atoms. The van der Waals surface area contributed by atoms with Gasteiger partial charge in [-0.05, 0) is 75.3 Å². The van der Waals surface area contributed by atoms with Crippen LogP contribution in [-0.2, 0) is 20.9 Å². The van der Waals surface area contributed by atoms with Crippen molar-refractivity contribution in [1.82, 2.24) is 15.2 Å². The number of aromatic nitrogens is 1. The second kappa shape index (κ2) is 6.79. The number of pyridine rings is 1. The van der Waals surface area contributed by atoms with Gasteiger partial charge in [-0.25, -0.2) is 0 Å². The Hall–Kier alpha value is -2.44. The molecule has 7 nitrogen and oxygen atoms in total. The molecule has 0 spiro atoms. The maximum absolute atomic E-state index is 13.3. The fraction of sp³-hybridized carbons (Fsp3) is 0.652. The Morgan fingerprint density at radius 1 is 1.23 bits per heavy atom. The van der Waals surface area contributed by atoms with Gasteiger partial charge in [0.1, 0.15) is 5.41 Å². The van der Waals surface area contributed by atoms with Crippen LogP contribution in [0.1, 0.15) is 51.1 Å². The Bertz CT molecular complexity index is 872. The highest BCUT2D eigenvalue weighted by Gasteiger charge is 2.59. The molecule has 1 aliphatic heterocycles. The molecule has 3 unspecified atom stereocenters. The summed E-state index contributed by atoms with van der Waals surface area (Å²) in [5, 5.41) is 3.26. The molecule has 1 saturated heterocycles. The van der Waals surface area contributed by atoms with Crippen LogP contribution in [0.4, 0.5) is 0 Å². The van der Waals surface area contributed by atoms with Crippen molar-refractivity contribution < 1.29 is 14.4 Å². The molecule has 5 fully saturated rings. The van der Waals surface area contributed by atoms with Gasteiger partial charge in [0, 0.05) is 24.2 Å². The summed E-state index contributed by atoms with van der Waals surface area (Å²) >= 11 is 0. The zero-order valence-corrected chi connectivity index (χ0v) is 17.5. The zero-order valence-electron chi connectivity index (χ0n) is 17.5. The molecule has 1 aromatic rings. The maximum atomic E-state index is 13.3. The number of nitrogens with two attached hydrogens (primary N) is 1. The summed E-state index contributed by atoms with van der Waals surface area (Å²) in [6.07, 6.45) is 6.79. The van der Waals surface area contributed by atoms with E-state index in [-0.39, 0.29) is 41.0 Å². The van der Waals surface area contributed by atoms with Crippen LogP contribution in [0.5, 0.6) is 0 Å². The summed E-state index contributed by atoms with van der Waals surface area (Å²) in [5.41, 5.74) is 5.19. The van der Waals surface area contributed by atoms with Crippen LogP contribution in [0.2, 0.25) is 0 Å². The van der Waals surface area contributed by atoms with E-state index in [0.717, 1.165) is 37.8 Å². The number of carbonyl (C=O) groups excluding carboxylic acids is 3. The van der Waals surface area contributed by atoms with Crippen LogP contribution in [0.3, 0.4) is 0 Å². The van der Waals surface area contributed by atoms with E-state index in [1.54, 1.807) is 18.0 Å². The minimum atomic E-state index is -1.04. The van der Waals surface area contributed by atoms with Crippen molar-refractivity contribution in [3.8, 4) is 0 Å². The number of primary amides is 1. The molecule has 4 saturated carbocycles. The highest BCUT2D eigenvalue weighted by Crippen LogP contribution is 2.60. The average molecular weight is 411 g/mol. The molecule has 5 aliphatic rings. The van der Waals surface area contributed by atoms with Gasteiger partial charge in [0.15, 0.2) is 0 Å². The quantitative estimate of drug-likeness (QED) is 0.720. The van der Waals surface area contributed by atoms with Crippen molar-refractivity contribution in [3.63, 3.8) is 0 Å². The monoisotopic (exact) mass is 410 g/mol. The van der Waals surface area contributed by atoms with Gasteiger partial charge in [-0.3, -0.25) is 19.4 Å². The molecular weight excluding hydrogens is 380 g/mol. The average Bonchev–Trinajstić information content (AvgIpc) is 3.00. The number of rotatable bonds is 5. The van der Waals surface area contributed by atoms with Gasteiger partial charge >= 0.3 is 0 Å². The third kappa shape index (κ3) is 2.93. The van der Waals surface area contributed by atoms with Crippen molar-refractivity contribution in [1.29, 1.82) is 0 Å². The topological polar surface area (TPSA) is 105 Å². The van der Waals surface area contributed by atoms with Crippen molar-refractivity contribution in [2.24, 2.45) is 34.3 Å². The molecule has 1 aromatic heterocycles. The highest BCUT2D eigenvalue weighted by atomic mass is 16.2. The minimum absolute atomic E-state index is 0.0518. The van der Waals surface area contributed by atoms with Gasteiger partial charge in [0.2, 0.25) is 17.7 Å². The molecule has 6 rings (SSSR count). The van der Waals surface area contributed by atoms with Gasteiger partial charge in [0.05, 0.1) is 12.2 Å². The van der Waals surface area contributed by atoms with Crippen LogP contribution in [0.15, 0.2) is 24.4 Å². The fourth-order valence-corrected chi connectivity index (χ4v) is 6.84. The Morgan fingerprint density at radius 3 is 2.60 bits per heavy atom. The Morgan fingerprint density at radius 2 is 1.97 bits per heavy atom. The molecule has 0 radical (unpaired) electrons. The van der Waals surface area contributed by atoms with E-state index in [4.69, 9.17) is 5.73 Å². The molecule has 3 atom stereocenters. The summed E-state index contributed by atoms with van der Waals surface area (Å²) in [4.78, 5) is 44.6. The summed E-state index contributed by atoms with van der Waals surface area (Å²) in [6.45, 7) is 2.76. The Balaban J connectivity index is 1.28. The summed E-state index contributed by atoms with van der Waals surface area (Å²) < 4.78 is 0. The second-order valence-electron chi connectivity index (χ2n) is 10.2. The van der Waals surface area contributed by atoms with E-state index in [9.17, 15) is 14.4 Å². The number of hydrogen-bond acceptors (Lipinski definition) is 4. The summed E-state index contributed by atoms with van der Waals surface area (Å²) in [7, 11) is 0. The zero-order chi connectivity index (χ0) is 21.1. The van der Waals surface area contributed by atoms with E-state index >= 15 is 0 Å². The minimum Gasteiger partial charge on any atom is -0.369 e. The lowest BCUT2D eigenvalue weighted by Gasteiger charge is -2.59. The molecule has 3 amide bonds. The molecule has 4 aliphatic carbocycles. The van der Waals surface area contributed by atoms with Gasteiger partial charge in [-0.15, -0.1) is 0 Å². The van der Waals surface area contributed by atoms with Gasteiger partial charge in [-0.2, -0.15) is 0 Å². The third-order valence-electron chi connectivity index (χ3n) is 8.31. The van der Waals surface area contributed by atoms with Crippen molar-refractivity contribution >= 4 is 17.7 Å². The number of nitrogens with one attached hydrogen (secondary N) is 1. The first-order valence-corrected chi connectivity index (χ1v) is 11.1. The third-order valence-corrected chi connectivity index (χ3v) is 8.31. The van der Waals surface area contributed by atoms with E-state index in [2.05, 4.69) is 10.3 Å². The van der Waals surface area contributed by atoms with E-state index in [1.807, 2.05) is 18.2 Å². The van der Waals surface area contributed by atoms with Crippen LogP contribution in [0.25, 0.3) is 0 Å². The first-order chi connectivity index (χ1) is 14.3. The lowest BCUT2D eigenvalue weighted by atomic mass is 9.47. The molecule has 4 bridgehead atoms. The highest BCUT2D eigenvalue weighted by molar-refractivity contribution is 6.06. The lowest BCUT2D eigenvalue weighted by molar-refractivity contribution is -0.151. The van der Waals surface area contributed by atoms with Crippen LogP contribution in [0, 0.1) is 28.6 Å². The Kier molecular flexibility index (Phi) is 4.42. The fourth-order valence-electron chi connectivity index (χ4n) is 6.84. The largest absolute Gasteiger partial charge is 0.369 e. The van der Waals surface area contributed by atoms with Gasteiger partial charge < -0.3 is 16.0 Å². The second-order valence-corrected chi connectivity index (χ2v) is 10.2. The van der Waals surface area contributed by atoms with E-state index in [0.29, 0.717) is 25.4 Å². The molecule has 7 heteroatoms. The van der Waals surface area contributed by atoms with E-state index < -0.39 is 5.41 Å². The Labute approximate surface area is 176 Å². The predicted molar refractivity (Wildman–Crippen MR) is 109 cm³/mol. The molecule has 0 aromatic carbocycles. The van der Waals surface area contributed by atoms with Crippen molar-refractivity contribution in [2.45, 2.75) is 58.0 Å². The number of nitrogens with zero attached hydrogens (tertiary/aromatic N) is 2. The number of carbonyl (C=O) groups is 3. The van der Waals surface area contributed by atoms with Crippen LogP contribution < -0.4 is 11.1 Å². The maximum Gasteiger partial charge on any atom is 0.238 e. The van der Waals surface area contributed by atoms with E-state index in [1.165, 1.54) is 0 Å². The van der Waals surface area contributed by atoms with Crippen LogP contribution >= 0.6 is 0 Å². The number of likely N-dealkylation sites (tertiary alicyclic amines) is 1. The SMILES string of the molecule is CC1(C(=O)NC2C3CC4CC2CC(C(N)=O)(C4)C3)CCN(Cc2ccccn2)C1=O. The summed E-state index contributed by atoms with van der Waals surface area (Å²) in [6, 6.07) is 5.70. The van der Waals surface area contributed by atoms with Gasteiger partial charge in [-0.1, -0.05) is 6.07 Å². The van der Waals surface area contributed by atoms with Crippen molar-refractivity contribution in [2.75, 3.05) is 6.54 Å². The van der Waals surface area contributed by atoms with Gasteiger partial charge in [0.25, 0.3) is 0 Å². The summed E-state index contributed by atoms with van der Waals surface area (Å²) in [5.74, 6) is 0.662. The first-order valence-electron chi connectivity index (χ1n) is 11.1. The number of hydrogen-bond donors (Lipinski definition) is 2.